The van der Waals surface area contributed by atoms with Crippen molar-refractivity contribution in [2.24, 2.45) is 11.7 Å². The third-order valence-corrected chi connectivity index (χ3v) is 4.03. The monoisotopic (exact) mass is 263 g/mol. The maximum atomic E-state index is 6.23. The second-order valence-corrected chi connectivity index (χ2v) is 5.53. The van der Waals surface area contributed by atoms with Crippen LogP contribution in [0.2, 0.25) is 0 Å². The van der Waals surface area contributed by atoms with Gasteiger partial charge in [0.25, 0.3) is 0 Å². The van der Waals surface area contributed by atoms with Crippen molar-refractivity contribution >= 4 is 11.8 Å². The molecule has 4 atom stereocenters. The van der Waals surface area contributed by atoms with E-state index in [1.165, 1.54) is 6.42 Å². The Balaban J connectivity index is 1.70. The number of hydrogen-bond acceptors (Lipinski definition) is 6. The maximum Gasteiger partial charge on any atom is 0.226 e. The molecule has 104 valence electrons. The fourth-order valence-corrected chi connectivity index (χ4v) is 2.94. The molecule has 1 aromatic rings. The standard InChI is InChI=1S/C13H21N5O/c1-18(2)13-15-6-5-9(17-13)16-11-10(14)8-4-3-7-19-12(8)11/h5-6,8,10-12H,3-4,7,14H2,1-2H3,(H,15,16,17). The molecule has 6 nitrogen and oxygen atoms in total. The third kappa shape index (κ3) is 2.26. The average Bonchev–Trinajstić information content (AvgIpc) is 2.44. The Labute approximate surface area is 113 Å². The van der Waals surface area contributed by atoms with Crippen LogP contribution in [-0.4, -0.2) is 48.9 Å². The van der Waals surface area contributed by atoms with Gasteiger partial charge < -0.3 is 20.7 Å². The molecule has 1 aliphatic heterocycles. The third-order valence-electron chi connectivity index (χ3n) is 4.03. The van der Waals surface area contributed by atoms with Crippen LogP contribution in [0.3, 0.4) is 0 Å². The molecule has 2 heterocycles. The minimum Gasteiger partial charge on any atom is -0.376 e. The first-order valence-electron chi connectivity index (χ1n) is 6.81. The van der Waals surface area contributed by atoms with Crippen LogP contribution < -0.4 is 16.0 Å². The summed E-state index contributed by atoms with van der Waals surface area (Å²) in [5.74, 6) is 2.01. The van der Waals surface area contributed by atoms with Gasteiger partial charge >= 0.3 is 0 Å². The van der Waals surface area contributed by atoms with Gasteiger partial charge in [-0.05, 0) is 18.9 Å². The largest absolute Gasteiger partial charge is 0.376 e. The van der Waals surface area contributed by atoms with Gasteiger partial charge in [0.05, 0.1) is 12.1 Å². The van der Waals surface area contributed by atoms with E-state index in [4.69, 9.17) is 10.5 Å². The number of anilines is 2. The molecule has 1 saturated heterocycles. The van der Waals surface area contributed by atoms with Crippen molar-refractivity contribution in [3.05, 3.63) is 12.3 Å². The van der Waals surface area contributed by atoms with Gasteiger partial charge in [-0.3, -0.25) is 0 Å². The molecule has 19 heavy (non-hydrogen) atoms. The summed E-state index contributed by atoms with van der Waals surface area (Å²) < 4.78 is 5.81. The SMILES string of the molecule is CN(C)c1nccc(NC2C(N)C3CCCOC32)n1. The molecule has 2 aliphatic rings. The van der Waals surface area contributed by atoms with E-state index in [2.05, 4.69) is 15.3 Å². The van der Waals surface area contributed by atoms with Crippen LogP contribution >= 0.6 is 0 Å². The highest BCUT2D eigenvalue weighted by Crippen LogP contribution is 2.38. The smallest absolute Gasteiger partial charge is 0.226 e. The number of nitrogens with zero attached hydrogens (tertiary/aromatic N) is 3. The first-order valence-corrected chi connectivity index (χ1v) is 6.81. The van der Waals surface area contributed by atoms with Gasteiger partial charge in [-0.1, -0.05) is 0 Å². The summed E-state index contributed by atoms with van der Waals surface area (Å²) in [4.78, 5) is 10.5. The molecule has 0 spiro atoms. The quantitative estimate of drug-likeness (QED) is 0.825. The first kappa shape index (κ1) is 12.6. The number of aromatic nitrogens is 2. The summed E-state index contributed by atoms with van der Waals surface area (Å²) in [5, 5.41) is 3.39. The lowest BCUT2D eigenvalue weighted by atomic mass is 9.68. The van der Waals surface area contributed by atoms with Gasteiger partial charge in [0, 0.05) is 38.9 Å². The van der Waals surface area contributed by atoms with Crippen LogP contribution in [0.1, 0.15) is 12.8 Å². The Kier molecular flexibility index (Phi) is 3.28. The molecule has 3 rings (SSSR count). The summed E-state index contributed by atoms with van der Waals surface area (Å²) in [6.07, 6.45) is 4.30. The highest BCUT2D eigenvalue weighted by molar-refractivity contribution is 5.43. The Hall–Kier alpha value is -1.40. The molecule has 2 fully saturated rings. The van der Waals surface area contributed by atoms with Crippen LogP contribution in [-0.2, 0) is 4.74 Å². The van der Waals surface area contributed by atoms with Crippen molar-refractivity contribution < 1.29 is 4.74 Å². The van der Waals surface area contributed by atoms with Crippen molar-refractivity contribution in [1.29, 1.82) is 0 Å². The summed E-state index contributed by atoms with van der Waals surface area (Å²) >= 11 is 0. The lowest BCUT2D eigenvalue weighted by Crippen LogP contribution is -2.69. The average molecular weight is 263 g/mol. The van der Waals surface area contributed by atoms with E-state index < -0.39 is 0 Å². The Bertz CT molecular complexity index is 452. The van der Waals surface area contributed by atoms with Gasteiger partial charge in [-0.15, -0.1) is 0 Å². The van der Waals surface area contributed by atoms with Crippen molar-refractivity contribution in [1.82, 2.24) is 9.97 Å². The molecule has 0 radical (unpaired) electrons. The number of nitrogens with one attached hydrogen (secondary N) is 1. The van der Waals surface area contributed by atoms with Gasteiger partial charge in [0.15, 0.2) is 0 Å². The Morgan fingerprint density at radius 2 is 2.32 bits per heavy atom. The fourth-order valence-electron chi connectivity index (χ4n) is 2.94. The molecule has 0 bridgehead atoms. The molecule has 0 amide bonds. The highest BCUT2D eigenvalue weighted by Gasteiger charge is 2.50. The van der Waals surface area contributed by atoms with E-state index >= 15 is 0 Å². The minimum atomic E-state index is 0.156. The number of fused-ring (bicyclic) bond motifs is 1. The number of rotatable bonds is 3. The zero-order chi connectivity index (χ0) is 13.4. The summed E-state index contributed by atoms with van der Waals surface area (Å²) in [5.41, 5.74) is 6.23. The minimum absolute atomic E-state index is 0.156. The van der Waals surface area contributed by atoms with Crippen LogP contribution in [0.4, 0.5) is 11.8 Å². The first-order chi connectivity index (χ1) is 9.16. The van der Waals surface area contributed by atoms with Crippen molar-refractivity contribution in [2.45, 2.75) is 31.0 Å². The zero-order valence-corrected chi connectivity index (χ0v) is 11.4. The highest BCUT2D eigenvalue weighted by atomic mass is 16.5. The summed E-state index contributed by atoms with van der Waals surface area (Å²) in [6, 6.07) is 2.19. The number of ether oxygens (including phenoxy) is 1. The normalized spacial score (nSPS) is 33.2. The van der Waals surface area contributed by atoms with E-state index in [9.17, 15) is 0 Å². The molecule has 1 aliphatic carbocycles. The van der Waals surface area contributed by atoms with Crippen LogP contribution in [0.25, 0.3) is 0 Å². The van der Waals surface area contributed by atoms with E-state index in [1.54, 1.807) is 6.20 Å². The molecular weight excluding hydrogens is 242 g/mol. The molecule has 6 heteroatoms. The molecule has 4 unspecified atom stereocenters. The lowest BCUT2D eigenvalue weighted by molar-refractivity contribution is -0.104. The number of nitrogens with two attached hydrogens (primary N) is 1. The Morgan fingerprint density at radius 3 is 3.11 bits per heavy atom. The summed E-state index contributed by atoms with van der Waals surface area (Å²) in [7, 11) is 3.85. The van der Waals surface area contributed by atoms with Crippen molar-refractivity contribution in [2.75, 3.05) is 30.9 Å². The van der Waals surface area contributed by atoms with Crippen LogP contribution in [0.15, 0.2) is 12.3 Å². The molecular formula is C13H21N5O. The molecule has 3 N–H and O–H groups in total. The van der Waals surface area contributed by atoms with Gasteiger partial charge in [-0.2, -0.15) is 4.98 Å². The van der Waals surface area contributed by atoms with Crippen molar-refractivity contribution in [3.63, 3.8) is 0 Å². The fraction of sp³-hybridized carbons (Fsp3) is 0.692. The maximum absolute atomic E-state index is 6.23. The molecule has 0 aromatic carbocycles. The number of hydrogen-bond donors (Lipinski definition) is 2. The van der Waals surface area contributed by atoms with Crippen LogP contribution in [0, 0.1) is 5.92 Å². The topological polar surface area (TPSA) is 76.3 Å². The zero-order valence-electron chi connectivity index (χ0n) is 11.4. The summed E-state index contributed by atoms with van der Waals surface area (Å²) in [6.45, 7) is 0.846. The van der Waals surface area contributed by atoms with E-state index in [0.717, 1.165) is 18.8 Å². The second kappa shape index (κ2) is 4.94. The molecule has 1 saturated carbocycles. The van der Waals surface area contributed by atoms with E-state index in [1.807, 2.05) is 25.1 Å². The van der Waals surface area contributed by atoms with Gasteiger partial charge in [-0.25, -0.2) is 4.98 Å². The van der Waals surface area contributed by atoms with Gasteiger partial charge in [0.1, 0.15) is 5.82 Å². The molecule has 1 aromatic heterocycles. The lowest BCUT2D eigenvalue weighted by Gasteiger charge is -2.52. The van der Waals surface area contributed by atoms with E-state index in [0.29, 0.717) is 11.9 Å². The van der Waals surface area contributed by atoms with Crippen LogP contribution in [0.5, 0.6) is 0 Å². The predicted octanol–water partition coefficient (Wildman–Crippen LogP) is 0.459. The second-order valence-electron chi connectivity index (χ2n) is 5.53. The predicted molar refractivity (Wildman–Crippen MR) is 74.2 cm³/mol. The van der Waals surface area contributed by atoms with Gasteiger partial charge in [0.2, 0.25) is 5.95 Å². The van der Waals surface area contributed by atoms with Crippen molar-refractivity contribution in [3.8, 4) is 0 Å². The Morgan fingerprint density at radius 1 is 1.47 bits per heavy atom. The van der Waals surface area contributed by atoms with E-state index in [-0.39, 0.29) is 18.2 Å².